The zero-order chi connectivity index (χ0) is 16.9. The Morgan fingerprint density at radius 1 is 1.13 bits per heavy atom. The van der Waals surface area contributed by atoms with Crippen molar-refractivity contribution < 1.29 is 22.3 Å². The maximum Gasteiger partial charge on any atom is 0.264 e. The number of hydrogen-bond acceptors (Lipinski definition) is 4. The van der Waals surface area contributed by atoms with E-state index in [0.29, 0.717) is 30.2 Å². The molecule has 7 heteroatoms. The van der Waals surface area contributed by atoms with Crippen LogP contribution in [0.3, 0.4) is 0 Å². The topological polar surface area (TPSA) is 64.6 Å². The lowest BCUT2D eigenvalue weighted by Gasteiger charge is -2.13. The van der Waals surface area contributed by atoms with E-state index < -0.39 is 15.8 Å². The molecule has 0 bridgehead atoms. The van der Waals surface area contributed by atoms with Gasteiger partial charge < -0.3 is 9.47 Å². The summed E-state index contributed by atoms with van der Waals surface area (Å²) < 4.78 is 51.0. The van der Waals surface area contributed by atoms with Crippen LogP contribution in [-0.4, -0.2) is 28.7 Å². The summed E-state index contributed by atoms with van der Waals surface area (Å²) in [5.41, 5.74) is 1.03. The number of halogens is 1. The molecule has 0 spiro atoms. The summed E-state index contributed by atoms with van der Waals surface area (Å²) in [6.07, 6.45) is 0. The fraction of sp³-hybridized carbons (Fsp3) is 0.250. The van der Waals surface area contributed by atoms with E-state index in [9.17, 15) is 12.8 Å². The second-order valence-corrected chi connectivity index (χ2v) is 6.50. The SMILES string of the molecule is COCCOc1ccc(NS(=O)(=O)c2ccccc2F)c(C)c1. The zero-order valence-corrected chi connectivity index (χ0v) is 13.7. The first-order valence-electron chi connectivity index (χ1n) is 6.94. The molecule has 0 saturated heterocycles. The molecule has 2 aromatic rings. The van der Waals surface area contributed by atoms with Crippen molar-refractivity contribution in [1.82, 2.24) is 0 Å². The molecule has 124 valence electrons. The molecule has 0 atom stereocenters. The first-order valence-corrected chi connectivity index (χ1v) is 8.42. The number of nitrogens with one attached hydrogen (secondary N) is 1. The molecule has 0 aliphatic carbocycles. The van der Waals surface area contributed by atoms with Crippen molar-refractivity contribution >= 4 is 15.7 Å². The van der Waals surface area contributed by atoms with Crippen LogP contribution in [0.5, 0.6) is 5.75 Å². The van der Waals surface area contributed by atoms with Gasteiger partial charge in [0.25, 0.3) is 10.0 Å². The van der Waals surface area contributed by atoms with Crippen LogP contribution in [-0.2, 0) is 14.8 Å². The average Bonchev–Trinajstić information content (AvgIpc) is 2.50. The van der Waals surface area contributed by atoms with E-state index in [2.05, 4.69) is 4.72 Å². The van der Waals surface area contributed by atoms with Crippen molar-refractivity contribution in [2.45, 2.75) is 11.8 Å². The highest BCUT2D eigenvalue weighted by Gasteiger charge is 2.19. The zero-order valence-electron chi connectivity index (χ0n) is 12.9. The van der Waals surface area contributed by atoms with Gasteiger partial charge in [-0.3, -0.25) is 4.72 Å². The summed E-state index contributed by atoms with van der Waals surface area (Å²) in [5.74, 6) is -0.189. The van der Waals surface area contributed by atoms with Crippen molar-refractivity contribution in [3.63, 3.8) is 0 Å². The van der Waals surface area contributed by atoms with E-state index in [1.807, 2.05) is 0 Å². The van der Waals surface area contributed by atoms with Crippen LogP contribution in [0.1, 0.15) is 5.56 Å². The van der Waals surface area contributed by atoms with Gasteiger partial charge in [0.2, 0.25) is 0 Å². The summed E-state index contributed by atoms with van der Waals surface area (Å²) in [6, 6.07) is 10.2. The Kier molecular flexibility index (Phi) is 5.57. The van der Waals surface area contributed by atoms with Gasteiger partial charge in [0.05, 0.1) is 12.3 Å². The number of anilines is 1. The van der Waals surface area contributed by atoms with Gasteiger partial charge in [-0.1, -0.05) is 12.1 Å². The van der Waals surface area contributed by atoms with Crippen LogP contribution in [0, 0.1) is 12.7 Å². The minimum atomic E-state index is -3.99. The summed E-state index contributed by atoms with van der Waals surface area (Å²) in [7, 11) is -2.41. The van der Waals surface area contributed by atoms with E-state index in [0.717, 1.165) is 6.07 Å². The maximum absolute atomic E-state index is 13.7. The Morgan fingerprint density at radius 3 is 2.52 bits per heavy atom. The van der Waals surface area contributed by atoms with E-state index in [1.165, 1.54) is 18.2 Å². The van der Waals surface area contributed by atoms with Crippen LogP contribution in [0.25, 0.3) is 0 Å². The standard InChI is InChI=1S/C16H18FNO4S/c1-12-11-13(22-10-9-21-2)7-8-15(12)18-23(19,20)16-6-4-3-5-14(16)17/h3-8,11,18H,9-10H2,1-2H3. The van der Waals surface area contributed by atoms with Crippen LogP contribution >= 0.6 is 0 Å². The highest BCUT2D eigenvalue weighted by molar-refractivity contribution is 7.92. The summed E-state index contributed by atoms with van der Waals surface area (Å²) in [4.78, 5) is -0.389. The van der Waals surface area contributed by atoms with E-state index in [1.54, 1.807) is 32.2 Å². The molecule has 23 heavy (non-hydrogen) atoms. The maximum atomic E-state index is 13.7. The van der Waals surface area contributed by atoms with Gasteiger partial charge in [0.15, 0.2) is 0 Å². The number of aryl methyl sites for hydroxylation is 1. The van der Waals surface area contributed by atoms with Crippen LogP contribution in [0.15, 0.2) is 47.4 Å². The lowest BCUT2D eigenvalue weighted by Crippen LogP contribution is -2.15. The molecule has 0 radical (unpaired) electrons. The Balaban J connectivity index is 2.18. The van der Waals surface area contributed by atoms with Crippen LogP contribution in [0.2, 0.25) is 0 Å². The van der Waals surface area contributed by atoms with Crippen molar-refractivity contribution in [3.05, 3.63) is 53.8 Å². The van der Waals surface area contributed by atoms with Crippen molar-refractivity contribution in [2.24, 2.45) is 0 Å². The van der Waals surface area contributed by atoms with Gasteiger partial charge in [0.1, 0.15) is 23.1 Å². The minimum absolute atomic E-state index is 0.368. The number of hydrogen-bond donors (Lipinski definition) is 1. The van der Waals surface area contributed by atoms with Crippen molar-refractivity contribution in [2.75, 3.05) is 25.0 Å². The highest BCUT2D eigenvalue weighted by atomic mass is 32.2. The number of sulfonamides is 1. The molecular formula is C16H18FNO4S. The second-order valence-electron chi connectivity index (χ2n) is 4.85. The molecular weight excluding hydrogens is 321 g/mol. The molecule has 1 N–H and O–H groups in total. The van der Waals surface area contributed by atoms with Crippen molar-refractivity contribution in [3.8, 4) is 5.75 Å². The van der Waals surface area contributed by atoms with Gasteiger partial charge >= 0.3 is 0 Å². The molecule has 0 saturated carbocycles. The van der Waals surface area contributed by atoms with E-state index in [4.69, 9.17) is 9.47 Å². The third-order valence-corrected chi connectivity index (χ3v) is 4.52. The summed E-state index contributed by atoms with van der Waals surface area (Å²) in [5, 5.41) is 0. The van der Waals surface area contributed by atoms with E-state index in [-0.39, 0.29) is 4.90 Å². The first-order chi connectivity index (χ1) is 10.9. The van der Waals surface area contributed by atoms with E-state index >= 15 is 0 Å². The normalized spacial score (nSPS) is 11.3. The number of rotatable bonds is 7. The molecule has 0 fully saturated rings. The summed E-state index contributed by atoms with van der Waals surface area (Å²) >= 11 is 0. The Hall–Kier alpha value is -2.12. The Morgan fingerprint density at radius 2 is 1.87 bits per heavy atom. The number of benzene rings is 2. The highest BCUT2D eigenvalue weighted by Crippen LogP contribution is 2.25. The molecule has 0 aromatic heterocycles. The predicted molar refractivity (Wildman–Crippen MR) is 85.8 cm³/mol. The first kappa shape index (κ1) is 17.2. The molecule has 0 heterocycles. The fourth-order valence-electron chi connectivity index (χ4n) is 1.95. The van der Waals surface area contributed by atoms with Crippen LogP contribution in [0.4, 0.5) is 10.1 Å². The molecule has 2 aromatic carbocycles. The molecule has 2 rings (SSSR count). The predicted octanol–water partition coefficient (Wildman–Crippen LogP) is 2.96. The largest absolute Gasteiger partial charge is 0.491 e. The van der Waals surface area contributed by atoms with Gasteiger partial charge in [-0.2, -0.15) is 0 Å². The smallest absolute Gasteiger partial charge is 0.264 e. The van der Waals surface area contributed by atoms with Gasteiger partial charge in [-0.05, 0) is 42.8 Å². The lowest BCUT2D eigenvalue weighted by molar-refractivity contribution is 0.146. The van der Waals surface area contributed by atoms with Gasteiger partial charge in [0, 0.05) is 7.11 Å². The third-order valence-electron chi connectivity index (χ3n) is 3.12. The molecule has 0 unspecified atom stereocenters. The third kappa shape index (κ3) is 4.43. The van der Waals surface area contributed by atoms with Crippen LogP contribution < -0.4 is 9.46 Å². The number of methoxy groups -OCH3 is 1. The molecule has 5 nitrogen and oxygen atoms in total. The molecule has 0 amide bonds. The Bertz CT molecular complexity index is 777. The molecule has 0 aliphatic rings. The molecule has 0 aliphatic heterocycles. The minimum Gasteiger partial charge on any atom is -0.491 e. The van der Waals surface area contributed by atoms with Crippen molar-refractivity contribution in [1.29, 1.82) is 0 Å². The monoisotopic (exact) mass is 339 g/mol. The quantitative estimate of drug-likeness (QED) is 0.788. The number of ether oxygens (including phenoxy) is 2. The van der Waals surface area contributed by atoms with Gasteiger partial charge in [-0.15, -0.1) is 0 Å². The second kappa shape index (κ2) is 7.43. The lowest BCUT2D eigenvalue weighted by atomic mass is 10.2. The van der Waals surface area contributed by atoms with Gasteiger partial charge in [-0.25, -0.2) is 12.8 Å². The fourth-order valence-corrected chi connectivity index (χ4v) is 3.16. The summed E-state index contributed by atoms with van der Waals surface area (Å²) in [6.45, 7) is 2.60. The Labute approximate surface area is 135 Å². The average molecular weight is 339 g/mol.